The van der Waals surface area contributed by atoms with Crippen molar-refractivity contribution in [1.29, 1.82) is 0 Å². The van der Waals surface area contributed by atoms with E-state index in [0.717, 1.165) is 5.56 Å². The molecular formula is C12H12FNO. The standard InChI is InChI=1S/C12H12FNO/c1-15-12-5-4-10(8-11(12)13)9-14-6-2-3-7-14/h2-8H,9H2,1H3. The Hall–Kier alpha value is -1.77. The van der Waals surface area contributed by atoms with Crippen LogP contribution in [0.25, 0.3) is 0 Å². The molecule has 0 aliphatic rings. The molecule has 1 aromatic carbocycles. The predicted octanol–water partition coefficient (Wildman–Crippen LogP) is 2.68. The molecular weight excluding hydrogens is 193 g/mol. The lowest BCUT2D eigenvalue weighted by Gasteiger charge is -2.06. The molecule has 0 saturated carbocycles. The van der Waals surface area contributed by atoms with Crippen LogP contribution in [0.1, 0.15) is 5.56 Å². The molecule has 0 saturated heterocycles. The van der Waals surface area contributed by atoms with E-state index in [1.54, 1.807) is 6.07 Å². The van der Waals surface area contributed by atoms with Crippen molar-refractivity contribution in [1.82, 2.24) is 4.57 Å². The number of aromatic nitrogens is 1. The first kappa shape index (κ1) is 9.77. The minimum atomic E-state index is -0.317. The van der Waals surface area contributed by atoms with Gasteiger partial charge in [0.15, 0.2) is 11.6 Å². The van der Waals surface area contributed by atoms with Crippen molar-refractivity contribution in [2.24, 2.45) is 0 Å². The molecule has 2 aromatic rings. The third-order valence-electron chi connectivity index (χ3n) is 2.25. The van der Waals surface area contributed by atoms with Gasteiger partial charge in [-0.3, -0.25) is 0 Å². The molecule has 0 fully saturated rings. The molecule has 0 aliphatic heterocycles. The maximum absolute atomic E-state index is 13.3. The van der Waals surface area contributed by atoms with E-state index in [2.05, 4.69) is 0 Å². The fourth-order valence-corrected chi connectivity index (χ4v) is 1.49. The van der Waals surface area contributed by atoms with Crippen LogP contribution in [0.2, 0.25) is 0 Å². The van der Waals surface area contributed by atoms with Gasteiger partial charge in [-0.25, -0.2) is 4.39 Å². The molecule has 2 rings (SSSR count). The quantitative estimate of drug-likeness (QED) is 0.751. The van der Waals surface area contributed by atoms with Crippen LogP contribution >= 0.6 is 0 Å². The number of methoxy groups -OCH3 is 1. The maximum Gasteiger partial charge on any atom is 0.165 e. The zero-order valence-corrected chi connectivity index (χ0v) is 8.48. The van der Waals surface area contributed by atoms with Gasteiger partial charge < -0.3 is 9.30 Å². The van der Waals surface area contributed by atoms with Crippen LogP contribution in [0, 0.1) is 5.82 Å². The average Bonchev–Trinajstić information content (AvgIpc) is 2.71. The Balaban J connectivity index is 2.20. The summed E-state index contributed by atoms with van der Waals surface area (Å²) in [6.07, 6.45) is 3.89. The summed E-state index contributed by atoms with van der Waals surface area (Å²) >= 11 is 0. The number of hydrogen-bond acceptors (Lipinski definition) is 1. The zero-order chi connectivity index (χ0) is 10.7. The van der Waals surface area contributed by atoms with Crippen molar-refractivity contribution in [3.63, 3.8) is 0 Å². The van der Waals surface area contributed by atoms with Crippen LogP contribution in [0.15, 0.2) is 42.7 Å². The Bertz CT molecular complexity index is 437. The third kappa shape index (κ3) is 2.18. The molecule has 0 amide bonds. The Morgan fingerprint density at radius 2 is 2.00 bits per heavy atom. The van der Waals surface area contributed by atoms with Gasteiger partial charge >= 0.3 is 0 Å². The van der Waals surface area contributed by atoms with E-state index < -0.39 is 0 Å². The second kappa shape index (κ2) is 4.17. The number of ether oxygens (including phenoxy) is 1. The van der Waals surface area contributed by atoms with Gasteiger partial charge in [0, 0.05) is 18.9 Å². The van der Waals surface area contributed by atoms with Crippen LogP contribution in [0.3, 0.4) is 0 Å². The van der Waals surface area contributed by atoms with E-state index in [4.69, 9.17) is 4.74 Å². The van der Waals surface area contributed by atoms with Crippen molar-refractivity contribution >= 4 is 0 Å². The monoisotopic (exact) mass is 205 g/mol. The number of nitrogens with zero attached hydrogens (tertiary/aromatic N) is 1. The topological polar surface area (TPSA) is 14.2 Å². The Kier molecular flexibility index (Phi) is 2.72. The van der Waals surface area contributed by atoms with E-state index in [-0.39, 0.29) is 11.6 Å². The summed E-state index contributed by atoms with van der Waals surface area (Å²) in [4.78, 5) is 0. The van der Waals surface area contributed by atoms with Gasteiger partial charge in [-0.1, -0.05) is 6.07 Å². The second-order valence-electron chi connectivity index (χ2n) is 3.32. The zero-order valence-electron chi connectivity index (χ0n) is 8.48. The smallest absolute Gasteiger partial charge is 0.165 e. The molecule has 0 radical (unpaired) electrons. The summed E-state index contributed by atoms with van der Waals surface area (Å²) < 4.78 is 20.2. The van der Waals surface area contributed by atoms with Crippen LogP contribution in [0.4, 0.5) is 4.39 Å². The van der Waals surface area contributed by atoms with Crippen molar-refractivity contribution in [3.05, 3.63) is 54.1 Å². The summed E-state index contributed by atoms with van der Waals surface area (Å²) in [7, 11) is 1.46. The molecule has 3 heteroatoms. The van der Waals surface area contributed by atoms with Gasteiger partial charge in [-0.2, -0.15) is 0 Å². The minimum Gasteiger partial charge on any atom is -0.494 e. The fraction of sp³-hybridized carbons (Fsp3) is 0.167. The lowest BCUT2D eigenvalue weighted by molar-refractivity contribution is 0.386. The normalized spacial score (nSPS) is 10.3. The maximum atomic E-state index is 13.3. The molecule has 0 unspecified atom stereocenters. The summed E-state index contributed by atoms with van der Waals surface area (Å²) in [6.45, 7) is 0.675. The third-order valence-corrected chi connectivity index (χ3v) is 2.25. The van der Waals surface area contributed by atoms with Crippen molar-refractivity contribution in [2.75, 3.05) is 7.11 Å². The number of halogens is 1. The first-order chi connectivity index (χ1) is 7.29. The molecule has 1 heterocycles. The van der Waals surface area contributed by atoms with Crippen molar-refractivity contribution in [3.8, 4) is 5.75 Å². The van der Waals surface area contributed by atoms with E-state index in [1.165, 1.54) is 13.2 Å². The van der Waals surface area contributed by atoms with Gasteiger partial charge in [-0.15, -0.1) is 0 Å². The molecule has 15 heavy (non-hydrogen) atoms. The number of benzene rings is 1. The van der Waals surface area contributed by atoms with E-state index >= 15 is 0 Å². The number of rotatable bonds is 3. The Morgan fingerprint density at radius 1 is 1.27 bits per heavy atom. The predicted molar refractivity (Wildman–Crippen MR) is 56.5 cm³/mol. The minimum absolute atomic E-state index is 0.284. The van der Waals surface area contributed by atoms with Crippen LogP contribution in [0.5, 0.6) is 5.75 Å². The van der Waals surface area contributed by atoms with Crippen molar-refractivity contribution in [2.45, 2.75) is 6.54 Å². The molecule has 0 bridgehead atoms. The van der Waals surface area contributed by atoms with Gasteiger partial charge in [-0.05, 0) is 29.8 Å². The van der Waals surface area contributed by atoms with Crippen LogP contribution in [-0.4, -0.2) is 11.7 Å². The van der Waals surface area contributed by atoms with Gasteiger partial charge in [0.05, 0.1) is 7.11 Å². The van der Waals surface area contributed by atoms with E-state index in [9.17, 15) is 4.39 Å². The molecule has 2 nitrogen and oxygen atoms in total. The van der Waals surface area contributed by atoms with Gasteiger partial charge in [0.25, 0.3) is 0 Å². The molecule has 0 aliphatic carbocycles. The van der Waals surface area contributed by atoms with Crippen molar-refractivity contribution < 1.29 is 9.13 Å². The highest BCUT2D eigenvalue weighted by molar-refractivity contribution is 5.29. The van der Waals surface area contributed by atoms with Gasteiger partial charge in [0.1, 0.15) is 0 Å². The molecule has 0 spiro atoms. The molecule has 78 valence electrons. The summed E-state index contributed by atoms with van der Waals surface area (Å²) in [5.41, 5.74) is 0.921. The SMILES string of the molecule is COc1ccc(Cn2cccc2)cc1F. The van der Waals surface area contributed by atoms with E-state index in [1.807, 2.05) is 35.2 Å². The van der Waals surface area contributed by atoms with Crippen LogP contribution in [-0.2, 0) is 6.54 Å². The highest BCUT2D eigenvalue weighted by Crippen LogP contribution is 2.18. The molecule has 1 aromatic heterocycles. The Morgan fingerprint density at radius 3 is 2.60 bits per heavy atom. The second-order valence-corrected chi connectivity index (χ2v) is 3.32. The first-order valence-corrected chi connectivity index (χ1v) is 4.73. The summed E-state index contributed by atoms with van der Waals surface area (Å²) in [6, 6.07) is 8.90. The first-order valence-electron chi connectivity index (χ1n) is 4.73. The Labute approximate surface area is 87.9 Å². The average molecular weight is 205 g/mol. The lowest BCUT2D eigenvalue weighted by atomic mass is 10.2. The van der Waals surface area contributed by atoms with E-state index in [0.29, 0.717) is 6.54 Å². The van der Waals surface area contributed by atoms with Crippen LogP contribution < -0.4 is 4.74 Å². The summed E-state index contributed by atoms with van der Waals surface area (Å²) in [5, 5.41) is 0. The highest BCUT2D eigenvalue weighted by atomic mass is 19.1. The highest BCUT2D eigenvalue weighted by Gasteiger charge is 2.03. The van der Waals surface area contributed by atoms with Gasteiger partial charge in [0.2, 0.25) is 0 Å². The number of hydrogen-bond donors (Lipinski definition) is 0. The molecule has 0 atom stereocenters. The molecule has 0 N–H and O–H groups in total. The lowest BCUT2D eigenvalue weighted by Crippen LogP contribution is -1.97. The summed E-state index contributed by atoms with van der Waals surface area (Å²) in [5.74, 6) is -0.0339. The largest absolute Gasteiger partial charge is 0.494 e. The fourth-order valence-electron chi connectivity index (χ4n) is 1.49.